The van der Waals surface area contributed by atoms with Gasteiger partial charge in [0, 0.05) is 7.11 Å². The molecule has 138 valence electrons. The van der Waals surface area contributed by atoms with Crippen LogP contribution in [-0.2, 0) is 4.74 Å². The van der Waals surface area contributed by atoms with E-state index in [4.69, 9.17) is 4.74 Å². The molecule has 0 saturated heterocycles. The highest BCUT2D eigenvalue weighted by Gasteiger charge is 2.52. The summed E-state index contributed by atoms with van der Waals surface area (Å²) >= 11 is 0. The van der Waals surface area contributed by atoms with E-state index >= 15 is 0 Å². The Morgan fingerprint density at radius 2 is 0.920 bits per heavy atom. The molecule has 1 fully saturated rings. The van der Waals surface area contributed by atoms with Crippen molar-refractivity contribution >= 4 is 0 Å². The Labute approximate surface area is 154 Å². The van der Waals surface area contributed by atoms with Crippen LogP contribution in [0.4, 0.5) is 0 Å². The summed E-state index contributed by atoms with van der Waals surface area (Å²) in [6.07, 6.45) is 11.7. The van der Waals surface area contributed by atoms with Crippen molar-refractivity contribution in [3.63, 3.8) is 0 Å². The summed E-state index contributed by atoms with van der Waals surface area (Å²) in [5.74, 6) is 5.99. The molecule has 1 heteroatoms. The highest BCUT2D eigenvalue weighted by molar-refractivity contribution is 5.42. The first-order valence-corrected chi connectivity index (χ1v) is 11.1. The molecule has 0 heterocycles. The van der Waals surface area contributed by atoms with E-state index in [1.54, 1.807) is 5.57 Å². The number of rotatable bonds is 1. The van der Waals surface area contributed by atoms with Gasteiger partial charge in [-0.1, -0.05) is 37.5 Å². The van der Waals surface area contributed by atoms with Crippen LogP contribution in [-0.4, -0.2) is 13.2 Å². The number of methoxy groups -OCH3 is 1. The van der Waals surface area contributed by atoms with Crippen LogP contribution in [0.5, 0.6) is 0 Å². The first-order valence-electron chi connectivity index (χ1n) is 11.1. The van der Waals surface area contributed by atoms with E-state index in [2.05, 4.69) is 20.8 Å². The lowest BCUT2D eigenvalue weighted by molar-refractivity contribution is 0.0663. The SMILES string of the molecule is COC1CCC2C3=C1C(C)CCC3C1CCC(C)C3=C1C2CCC3C. The predicted molar refractivity (Wildman–Crippen MR) is 103 cm³/mol. The van der Waals surface area contributed by atoms with Crippen molar-refractivity contribution in [2.24, 2.45) is 41.4 Å². The van der Waals surface area contributed by atoms with Gasteiger partial charge in [-0.05, 0) is 98.4 Å². The minimum absolute atomic E-state index is 0.430. The molecular weight excluding hydrogens is 304 g/mol. The third kappa shape index (κ3) is 2.23. The molecule has 0 aromatic rings. The van der Waals surface area contributed by atoms with Crippen LogP contribution in [0.2, 0.25) is 0 Å². The van der Waals surface area contributed by atoms with Gasteiger partial charge in [0.2, 0.25) is 0 Å². The van der Waals surface area contributed by atoms with Crippen LogP contribution >= 0.6 is 0 Å². The normalized spacial score (nSPS) is 49.0. The Kier molecular flexibility index (Phi) is 3.97. The second-order valence-corrected chi connectivity index (χ2v) is 9.98. The molecule has 0 bridgehead atoms. The summed E-state index contributed by atoms with van der Waals surface area (Å²) in [7, 11) is 1.95. The fraction of sp³-hybridized carbons (Fsp3) is 0.833. The molecular formula is C24H36O. The maximum absolute atomic E-state index is 6.00. The average Bonchev–Trinajstić information content (AvgIpc) is 2.62. The van der Waals surface area contributed by atoms with Crippen molar-refractivity contribution in [1.29, 1.82) is 0 Å². The topological polar surface area (TPSA) is 9.23 Å². The summed E-state index contributed by atoms with van der Waals surface area (Å²) in [6.45, 7) is 7.54. The molecule has 0 amide bonds. The van der Waals surface area contributed by atoms with E-state index in [0.717, 1.165) is 41.4 Å². The Bertz CT molecular complexity index is 596. The largest absolute Gasteiger partial charge is 0.377 e. The number of hydrogen-bond acceptors (Lipinski definition) is 1. The molecule has 0 N–H and O–H groups in total. The molecule has 0 aromatic carbocycles. The molecule has 0 spiro atoms. The first-order chi connectivity index (χ1) is 12.1. The van der Waals surface area contributed by atoms with Gasteiger partial charge in [-0.25, -0.2) is 0 Å². The van der Waals surface area contributed by atoms with Crippen LogP contribution < -0.4 is 0 Å². The second kappa shape index (κ2) is 5.98. The van der Waals surface area contributed by atoms with Gasteiger partial charge in [-0.3, -0.25) is 0 Å². The third-order valence-corrected chi connectivity index (χ3v) is 8.93. The molecule has 0 radical (unpaired) electrons. The van der Waals surface area contributed by atoms with Crippen LogP contribution in [0.1, 0.15) is 72.1 Å². The molecule has 0 aliphatic heterocycles. The van der Waals surface area contributed by atoms with E-state index in [0.29, 0.717) is 6.10 Å². The smallest absolute Gasteiger partial charge is 0.0786 e. The molecule has 5 rings (SSSR count). The molecule has 0 aromatic heterocycles. The Balaban J connectivity index is 1.69. The van der Waals surface area contributed by atoms with Crippen molar-refractivity contribution < 1.29 is 4.74 Å². The van der Waals surface area contributed by atoms with Crippen LogP contribution in [0.25, 0.3) is 0 Å². The summed E-state index contributed by atoms with van der Waals surface area (Å²) < 4.78 is 6.00. The lowest BCUT2D eigenvalue weighted by atomic mass is 9.48. The van der Waals surface area contributed by atoms with Gasteiger partial charge in [0.1, 0.15) is 0 Å². The standard InChI is InChI=1S/C24H36O/c1-13-5-8-16-18-10-7-15(3)22-20(25-4)12-11-19(24(18)22)17-9-6-14(2)21(13)23(16)17/h13-20H,5-12H2,1-4H3. The zero-order valence-corrected chi connectivity index (χ0v) is 16.7. The van der Waals surface area contributed by atoms with Crippen molar-refractivity contribution in [2.75, 3.05) is 7.11 Å². The van der Waals surface area contributed by atoms with E-state index in [1.165, 1.54) is 51.4 Å². The van der Waals surface area contributed by atoms with Crippen molar-refractivity contribution in [3.8, 4) is 0 Å². The molecule has 1 nitrogen and oxygen atoms in total. The highest BCUT2D eigenvalue weighted by Crippen LogP contribution is 2.63. The van der Waals surface area contributed by atoms with Gasteiger partial charge in [0.15, 0.2) is 0 Å². The van der Waals surface area contributed by atoms with E-state index in [-0.39, 0.29) is 0 Å². The van der Waals surface area contributed by atoms with Gasteiger partial charge in [0.25, 0.3) is 0 Å². The van der Waals surface area contributed by atoms with Gasteiger partial charge >= 0.3 is 0 Å². The summed E-state index contributed by atoms with van der Waals surface area (Å²) in [5.41, 5.74) is 7.63. The lowest BCUT2D eigenvalue weighted by Gasteiger charge is -2.57. The number of allylic oxidation sites excluding steroid dienone is 3. The Morgan fingerprint density at radius 1 is 0.520 bits per heavy atom. The summed E-state index contributed by atoms with van der Waals surface area (Å²) in [6, 6.07) is 0. The quantitative estimate of drug-likeness (QED) is 0.520. The highest BCUT2D eigenvalue weighted by atomic mass is 16.5. The zero-order chi connectivity index (χ0) is 17.3. The van der Waals surface area contributed by atoms with Gasteiger partial charge < -0.3 is 4.74 Å². The summed E-state index contributed by atoms with van der Waals surface area (Å²) in [5, 5.41) is 0. The maximum atomic E-state index is 6.00. The van der Waals surface area contributed by atoms with E-state index in [1.807, 2.05) is 23.8 Å². The molecule has 1 saturated carbocycles. The van der Waals surface area contributed by atoms with Crippen molar-refractivity contribution in [3.05, 3.63) is 22.3 Å². The van der Waals surface area contributed by atoms with Gasteiger partial charge in [-0.2, -0.15) is 0 Å². The Morgan fingerprint density at radius 3 is 1.40 bits per heavy atom. The molecule has 8 unspecified atom stereocenters. The Hall–Kier alpha value is -0.560. The zero-order valence-electron chi connectivity index (χ0n) is 16.7. The number of ether oxygens (including phenoxy) is 1. The first kappa shape index (κ1) is 16.6. The maximum Gasteiger partial charge on any atom is 0.0786 e. The lowest BCUT2D eigenvalue weighted by Crippen LogP contribution is -2.47. The van der Waals surface area contributed by atoms with Crippen LogP contribution in [0, 0.1) is 41.4 Å². The van der Waals surface area contributed by atoms with E-state index in [9.17, 15) is 0 Å². The fourth-order valence-corrected chi connectivity index (χ4v) is 8.03. The second-order valence-electron chi connectivity index (χ2n) is 9.98. The van der Waals surface area contributed by atoms with Crippen LogP contribution in [0.15, 0.2) is 22.3 Å². The van der Waals surface area contributed by atoms with Crippen molar-refractivity contribution in [1.82, 2.24) is 0 Å². The predicted octanol–water partition coefficient (Wildman–Crippen LogP) is 6.16. The summed E-state index contributed by atoms with van der Waals surface area (Å²) in [4.78, 5) is 0. The molecule has 5 aliphatic carbocycles. The fourth-order valence-electron chi connectivity index (χ4n) is 8.03. The molecule has 8 atom stereocenters. The third-order valence-electron chi connectivity index (χ3n) is 8.93. The monoisotopic (exact) mass is 340 g/mol. The van der Waals surface area contributed by atoms with Crippen LogP contribution in [0.3, 0.4) is 0 Å². The molecule has 5 aliphatic rings. The van der Waals surface area contributed by atoms with E-state index < -0.39 is 0 Å². The minimum Gasteiger partial charge on any atom is -0.377 e. The number of fused-ring (bicyclic) bond motifs is 2. The molecule has 25 heavy (non-hydrogen) atoms. The van der Waals surface area contributed by atoms with Gasteiger partial charge in [0.05, 0.1) is 6.10 Å². The minimum atomic E-state index is 0.430. The number of hydrogen-bond donors (Lipinski definition) is 0. The average molecular weight is 341 g/mol. The van der Waals surface area contributed by atoms with Crippen molar-refractivity contribution in [2.45, 2.75) is 78.2 Å². The van der Waals surface area contributed by atoms with Gasteiger partial charge in [-0.15, -0.1) is 0 Å².